The minimum Gasteiger partial charge on any atom is -0.489 e. The molecular formula is C24H23NO3. The fourth-order valence-corrected chi connectivity index (χ4v) is 3.49. The van der Waals surface area contributed by atoms with E-state index in [0.717, 1.165) is 30.9 Å². The molecule has 142 valence electrons. The van der Waals surface area contributed by atoms with E-state index in [9.17, 15) is 4.79 Å². The number of hydrogen-bond donors (Lipinski definition) is 0. The van der Waals surface area contributed by atoms with E-state index >= 15 is 0 Å². The summed E-state index contributed by atoms with van der Waals surface area (Å²) in [5.74, 6) is 0.509. The van der Waals surface area contributed by atoms with Gasteiger partial charge >= 0.3 is 5.97 Å². The van der Waals surface area contributed by atoms with Crippen molar-refractivity contribution in [2.45, 2.75) is 26.2 Å². The van der Waals surface area contributed by atoms with Crippen molar-refractivity contribution in [3.63, 3.8) is 0 Å². The van der Waals surface area contributed by atoms with Crippen LogP contribution < -0.4 is 4.74 Å². The number of rotatable bonds is 6. The molecular weight excluding hydrogens is 350 g/mol. The van der Waals surface area contributed by atoms with Crippen molar-refractivity contribution in [2.75, 3.05) is 7.11 Å². The monoisotopic (exact) mass is 373 g/mol. The number of esters is 1. The third-order valence-corrected chi connectivity index (χ3v) is 5.02. The van der Waals surface area contributed by atoms with Gasteiger partial charge in [-0.25, -0.2) is 4.79 Å². The Hall–Kier alpha value is -3.11. The van der Waals surface area contributed by atoms with Crippen LogP contribution in [-0.2, 0) is 31.0 Å². The molecule has 0 aliphatic carbocycles. The summed E-state index contributed by atoms with van der Waals surface area (Å²) in [4.78, 5) is 13.9. The van der Waals surface area contributed by atoms with Gasteiger partial charge in [-0.1, -0.05) is 48.5 Å². The van der Waals surface area contributed by atoms with Crippen molar-refractivity contribution < 1.29 is 14.3 Å². The zero-order chi connectivity index (χ0) is 19.3. The first-order valence-electron chi connectivity index (χ1n) is 9.39. The van der Waals surface area contributed by atoms with Crippen LogP contribution in [0, 0.1) is 0 Å². The van der Waals surface area contributed by atoms with Crippen molar-refractivity contribution >= 4 is 5.97 Å². The number of nitrogens with zero attached hydrogens (tertiary/aromatic N) is 1. The van der Waals surface area contributed by atoms with Gasteiger partial charge in [-0.15, -0.1) is 0 Å². The molecule has 1 aliphatic heterocycles. The maximum atomic E-state index is 11.5. The average Bonchev–Trinajstić information content (AvgIpc) is 3.15. The Morgan fingerprint density at radius 3 is 2.07 bits per heavy atom. The molecule has 4 rings (SSSR count). The van der Waals surface area contributed by atoms with E-state index in [0.29, 0.717) is 12.2 Å². The number of ether oxygens (including phenoxy) is 2. The van der Waals surface area contributed by atoms with Gasteiger partial charge in [-0.3, -0.25) is 4.90 Å². The van der Waals surface area contributed by atoms with Crippen LogP contribution in [0.25, 0.3) is 0 Å². The van der Waals surface area contributed by atoms with Gasteiger partial charge < -0.3 is 9.47 Å². The highest BCUT2D eigenvalue weighted by atomic mass is 16.5. The number of methoxy groups -OCH3 is 1. The molecule has 0 amide bonds. The van der Waals surface area contributed by atoms with Crippen LogP contribution in [0.5, 0.6) is 5.75 Å². The maximum absolute atomic E-state index is 11.5. The standard InChI is InChI=1S/C24H23NO3/c1-27-24(26)20-10-6-19(7-11-20)17-28-23-12-8-18(9-13-23)14-25-15-21-4-2-3-5-22(21)16-25/h2-13H,14-17H2,1H3. The van der Waals surface area contributed by atoms with E-state index in [-0.39, 0.29) is 5.97 Å². The van der Waals surface area contributed by atoms with E-state index in [1.165, 1.54) is 23.8 Å². The molecule has 28 heavy (non-hydrogen) atoms. The van der Waals surface area contributed by atoms with Gasteiger partial charge in [0.15, 0.2) is 0 Å². The molecule has 0 saturated carbocycles. The summed E-state index contributed by atoms with van der Waals surface area (Å²) in [5, 5.41) is 0. The average molecular weight is 373 g/mol. The topological polar surface area (TPSA) is 38.8 Å². The first-order valence-corrected chi connectivity index (χ1v) is 9.39. The molecule has 1 heterocycles. The lowest BCUT2D eigenvalue weighted by molar-refractivity contribution is 0.0600. The highest BCUT2D eigenvalue weighted by Gasteiger charge is 2.18. The highest BCUT2D eigenvalue weighted by molar-refractivity contribution is 5.89. The third-order valence-electron chi connectivity index (χ3n) is 5.02. The molecule has 0 atom stereocenters. The van der Waals surface area contributed by atoms with Crippen LogP contribution in [0.3, 0.4) is 0 Å². The molecule has 3 aromatic rings. The zero-order valence-electron chi connectivity index (χ0n) is 15.9. The Bertz CT molecular complexity index is 923. The summed E-state index contributed by atoms with van der Waals surface area (Å²) in [7, 11) is 1.38. The van der Waals surface area contributed by atoms with Crippen LogP contribution in [0.4, 0.5) is 0 Å². The number of carbonyl (C=O) groups excluding carboxylic acids is 1. The van der Waals surface area contributed by atoms with Crippen LogP contribution >= 0.6 is 0 Å². The first kappa shape index (κ1) is 18.3. The van der Waals surface area contributed by atoms with Gasteiger partial charge in [0.25, 0.3) is 0 Å². The lowest BCUT2D eigenvalue weighted by Crippen LogP contribution is -2.15. The number of benzene rings is 3. The Morgan fingerprint density at radius 2 is 1.46 bits per heavy atom. The Balaban J connectivity index is 1.30. The number of hydrogen-bond acceptors (Lipinski definition) is 4. The summed E-state index contributed by atoms with van der Waals surface area (Å²) in [6.07, 6.45) is 0. The SMILES string of the molecule is COC(=O)c1ccc(COc2ccc(CN3Cc4ccccc4C3)cc2)cc1. The minimum atomic E-state index is -0.329. The van der Waals surface area contributed by atoms with Crippen molar-refractivity contribution in [2.24, 2.45) is 0 Å². The van der Waals surface area contributed by atoms with E-state index in [4.69, 9.17) is 9.47 Å². The van der Waals surface area contributed by atoms with Gasteiger partial charge in [-0.2, -0.15) is 0 Å². The van der Waals surface area contributed by atoms with Gasteiger partial charge in [0, 0.05) is 19.6 Å². The van der Waals surface area contributed by atoms with Gasteiger partial charge in [0.05, 0.1) is 12.7 Å². The second-order valence-corrected chi connectivity index (χ2v) is 7.04. The normalized spacial score (nSPS) is 13.2. The summed E-state index contributed by atoms with van der Waals surface area (Å²) in [6.45, 7) is 3.41. The molecule has 3 aromatic carbocycles. The number of carbonyl (C=O) groups is 1. The molecule has 0 bridgehead atoms. The zero-order valence-corrected chi connectivity index (χ0v) is 15.9. The van der Waals surface area contributed by atoms with E-state index < -0.39 is 0 Å². The number of fused-ring (bicyclic) bond motifs is 1. The molecule has 0 fully saturated rings. The second-order valence-electron chi connectivity index (χ2n) is 7.04. The molecule has 1 aliphatic rings. The lowest BCUT2D eigenvalue weighted by Gasteiger charge is -2.15. The Kier molecular flexibility index (Phi) is 5.40. The summed E-state index contributed by atoms with van der Waals surface area (Å²) in [5.41, 5.74) is 5.69. The van der Waals surface area contributed by atoms with Gasteiger partial charge in [0.1, 0.15) is 12.4 Å². The van der Waals surface area contributed by atoms with Crippen molar-refractivity contribution in [3.8, 4) is 5.75 Å². The predicted molar refractivity (Wildman–Crippen MR) is 108 cm³/mol. The van der Waals surface area contributed by atoms with E-state index in [2.05, 4.69) is 41.3 Å². The quantitative estimate of drug-likeness (QED) is 0.594. The second kappa shape index (κ2) is 8.28. The van der Waals surface area contributed by atoms with Crippen molar-refractivity contribution in [1.29, 1.82) is 0 Å². The van der Waals surface area contributed by atoms with Gasteiger partial charge in [-0.05, 0) is 46.5 Å². The molecule has 0 N–H and O–H groups in total. The highest BCUT2D eigenvalue weighted by Crippen LogP contribution is 2.24. The summed E-state index contributed by atoms with van der Waals surface area (Å²) in [6, 6.07) is 24.2. The third kappa shape index (κ3) is 4.24. The molecule has 0 radical (unpaired) electrons. The summed E-state index contributed by atoms with van der Waals surface area (Å²) >= 11 is 0. The lowest BCUT2D eigenvalue weighted by atomic mass is 10.1. The Labute approximate surface area is 165 Å². The van der Waals surface area contributed by atoms with Crippen molar-refractivity contribution in [1.82, 2.24) is 4.90 Å². The van der Waals surface area contributed by atoms with E-state index in [1.807, 2.05) is 24.3 Å². The largest absolute Gasteiger partial charge is 0.489 e. The fourth-order valence-electron chi connectivity index (χ4n) is 3.49. The molecule has 4 nitrogen and oxygen atoms in total. The molecule has 0 aromatic heterocycles. The van der Waals surface area contributed by atoms with Crippen LogP contribution in [-0.4, -0.2) is 18.0 Å². The van der Waals surface area contributed by atoms with Crippen LogP contribution in [0.2, 0.25) is 0 Å². The summed E-state index contributed by atoms with van der Waals surface area (Å²) < 4.78 is 10.6. The fraction of sp³-hybridized carbons (Fsp3) is 0.208. The maximum Gasteiger partial charge on any atom is 0.337 e. The van der Waals surface area contributed by atoms with Gasteiger partial charge in [0.2, 0.25) is 0 Å². The first-order chi connectivity index (χ1) is 13.7. The van der Waals surface area contributed by atoms with Crippen LogP contribution in [0.15, 0.2) is 72.8 Å². The van der Waals surface area contributed by atoms with E-state index in [1.54, 1.807) is 12.1 Å². The molecule has 4 heteroatoms. The smallest absolute Gasteiger partial charge is 0.337 e. The Morgan fingerprint density at radius 1 is 0.857 bits per heavy atom. The predicted octanol–water partition coefficient (Wildman–Crippen LogP) is 4.57. The van der Waals surface area contributed by atoms with Crippen LogP contribution in [0.1, 0.15) is 32.6 Å². The minimum absolute atomic E-state index is 0.329. The molecule has 0 unspecified atom stereocenters. The molecule has 0 saturated heterocycles. The molecule has 0 spiro atoms. The van der Waals surface area contributed by atoms with Crippen molar-refractivity contribution in [3.05, 3.63) is 101 Å².